The lowest BCUT2D eigenvalue weighted by Gasteiger charge is -2.49. The molecule has 19 heteroatoms. The maximum Gasteiger partial charge on any atom is 0.414 e. The molecule has 238 valence electrons. The molecular formula is C26H30N9O8S2+. The Morgan fingerprint density at radius 1 is 1.29 bits per heavy atom. The highest BCUT2D eigenvalue weighted by Gasteiger charge is 2.54. The third-order valence-electron chi connectivity index (χ3n) is 6.42. The first-order valence-corrected chi connectivity index (χ1v) is 15.2. The fourth-order valence-electron chi connectivity index (χ4n) is 4.65. The Morgan fingerprint density at radius 3 is 2.73 bits per heavy atom. The summed E-state index contributed by atoms with van der Waals surface area (Å²) in [5.74, 6) is -2.06. The van der Waals surface area contributed by atoms with E-state index < -0.39 is 40.9 Å². The second kappa shape index (κ2) is 12.7. The molecule has 17 nitrogen and oxygen atoms in total. The van der Waals surface area contributed by atoms with Crippen LogP contribution in [0.2, 0.25) is 0 Å². The molecule has 0 aromatic carbocycles. The molecule has 0 radical (unpaired) electrons. The van der Waals surface area contributed by atoms with E-state index in [1.807, 2.05) is 0 Å². The highest BCUT2D eigenvalue weighted by atomic mass is 32.2. The van der Waals surface area contributed by atoms with Crippen LogP contribution in [0.1, 0.15) is 26.6 Å². The number of nitrogens with one attached hydrogen (secondary N) is 2. The first-order valence-electron chi connectivity index (χ1n) is 13.4. The molecule has 3 aromatic rings. The number of β-lactam (4-membered cyclic amide) rings is 1. The predicted octanol–water partition coefficient (Wildman–Crippen LogP) is 0.771. The second-order valence-electron chi connectivity index (χ2n) is 10.7. The van der Waals surface area contributed by atoms with Crippen LogP contribution in [0.25, 0.3) is 5.65 Å². The van der Waals surface area contributed by atoms with Gasteiger partial charge in [0.25, 0.3) is 17.5 Å². The van der Waals surface area contributed by atoms with Crippen LogP contribution in [0.5, 0.6) is 0 Å². The van der Waals surface area contributed by atoms with Crippen molar-refractivity contribution in [3.8, 4) is 0 Å². The van der Waals surface area contributed by atoms with Crippen LogP contribution in [0.15, 0.2) is 47.0 Å². The molecule has 0 saturated carbocycles. The topological polar surface area (TPSA) is 216 Å². The fourth-order valence-corrected chi connectivity index (χ4v) is 6.42. The van der Waals surface area contributed by atoms with Crippen molar-refractivity contribution in [2.45, 2.75) is 44.3 Å². The quantitative estimate of drug-likeness (QED) is 0.0592. The van der Waals surface area contributed by atoms with Crippen LogP contribution in [-0.4, -0.2) is 90.0 Å². The number of imidazole rings is 1. The average molecular weight is 661 g/mol. The normalized spacial score (nSPS) is 18.4. The smallest absolute Gasteiger partial charge is 0.414 e. The Balaban J connectivity index is 1.34. The minimum atomic E-state index is -1.28. The molecule has 5 N–H and O–H groups in total. The molecule has 5 heterocycles. The fraction of sp³-hybridized carbons (Fsp3) is 0.385. The third-order valence-corrected chi connectivity index (χ3v) is 8.30. The highest BCUT2D eigenvalue weighted by molar-refractivity contribution is 8.00. The summed E-state index contributed by atoms with van der Waals surface area (Å²) in [7, 11) is 1.37. The summed E-state index contributed by atoms with van der Waals surface area (Å²) in [6, 6.07) is 4.22. The molecule has 0 unspecified atom stereocenters. The summed E-state index contributed by atoms with van der Waals surface area (Å²) in [6.45, 7) is 5.18. The number of pyridine rings is 1. The number of carbonyl (C=O) groups excluding carboxylic acids is 3. The molecule has 3 aromatic heterocycles. The summed E-state index contributed by atoms with van der Waals surface area (Å²) < 4.78 is 17.6. The first kappa shape index (κ1) is 31.7. The molecule has 2 aliphatic heterocycles. The Bertz CT molecular complexity index is 1730. The number of ether oxygens (including phenoxy) is 2. The van der Waals surface area contributed by atoms with Crippen molar-refractivity contribution in [2.24, 2.45) is 5.16 Å². The first-order chi connectivity index (χ1) is 21.4. The van der Waals surface area contributed by atoms with Gasteiger partial charge in [0, 0.05) is 42.1 Å². The predicted molar refractivity (Wildman–Crippen MR) is 161 cm³/mol. The molecule has 2 aliphatic rings. The summed E-state index contributed by atoms with van der Waals surface area (Å²) >= 11 is 2.16. The van der Waals surface area contributed by atoms with Gasteiger partial charge in [-0.15, -0.1) is 11.8 Å². The van der Waals surface area contributed by atoms with E-state index in [0.717, 1.165) is 11.5 Å². The van der Waals surface area contributed by atoms with Gasteiger partial charge in [-0.3, -0.25) is 19.8 Å². The van der Waals surface area contributed by atoms with Crippen LogP contribution >= 0.6 is 23.3 Å². The summed E-state index contributed by atoms with van der Waals surface area (Å²) in [5, 5.41) is 18.6. The number of hydrogen-bond acceptors (Lipinski definition) is 13. The number of oxime groups is 1. The molecule has 45 heavy (non-hydrogen) atoms. The van der Waals surface area contributed by atoms with Crippen molar-refractivity contribution < 1.29 is 43.2 Å². The summed E-state index contributed by atoms with van der Waals surface area (Å²) in [4.78, 5) is 61.3. The molecule has 0 bridgehead atoms. The number of aliphatic carboxylic acids is 1. The number of carbonyl (C=O) groups is 4. The van der Waals surface area contributed by atoms with E-state index in [9.17, 15) is 24.3 Å². The van der Waals surface area contributed by atoms with Crippen LogP contribution in [0.4, 0.5) is 15.7 Å². The van der Waals surface area contributed by atoms with Crippen LogP contribution in [0.3, 0.4) is 0 Å². The van der Waals surface area contributed by atoms with E-state index >= 15 is 0 Å². The van der Waals surface area contributed by atoms with Gasteiger partial charge in [0.15, 0.2) is 5.13 Å². The number of hydrogen-bond donors (Lipinski definition) is 4. The zero-order valence-electron chi connectivity index (χ0n) is 24.5. The number of aromatic nitrogens is 4. The zero-order chi connectivity index (χ0) is 32.5. The number of nitrogen functional groups attached to an aromatic ring is 1. The Labute approximate surface area is 264 Å². The van der Waals surface area contributed by atoms with Crippen LogP contribution < -0.4 is 20.9 Å². The lowest BCUT2D eigenvalue weighted by atomic mass is 10.0. The van der Waals surface area contributed by atoms with Gasteiger partial charge in [0.2, 0.25) is 24.1 Å². The third kappa shape index (κ3) is 6.69. The molecule has 0 aliphatic carbocycles. The number of carboxylic acid groups (broad SMARTS) is 1. The van der Waals surface area contributed by atoms with E-state index in [1.165, 1.54) is 23.8 Å². The Kier molecular flexibility index (Phi) is 8.94. The molecular weight excluding hydrogens is 630 g/mol. The van der Waals surface area contributed by atoms with Crippen molar-refractivity contribution in [2.75, 3.05) is 30.7 Å². The number of fused-ring (bicyclic) bond motifs is 2. The molecule has 1 fully saturated rings. The second-order valence-corrected chi connectivity index (χ2v) is 12.6. The SMILES string of the molecule is COCO/N=C(\C(=O)N[C@@H]1C(=O)N2C(C(=O)O)=C(C[n+]3ccn4c(NC(=O)OC(C)(C)C)cccc43)CS[C@H]12)c1nsc(N)n1. The Hall–Kier alpha value is -4.75. The maximum atomic E-state index is 13.3. The van der Waals surface area contributed by atoms with E-state index in [0.29, 0.717) is 17.0 Å². The number of amides is 3. The largest absolute Gasteiger partial charge is 0.477 e. The number of nitrogens with two attached hydrogens (primary N) is 1. The number of anilines is 2. The number of carboxylic acids is 1. The minimum absolute atomic E-state index is 0.0964. The van der Waals surface area contributed by atoms with Crippen LogP contribution in [-0.2, 0) is 35.2 Å². The van der Waals surface area contributed by atoms with Gasteiger partial charge in [-0.25, -0.2) is 14.2 Å². The number of thioether (sulfide) groups is 1. The van der Waals surface area contributed by atoms with E-state index in [-0.39, 0.29) is 41.5 Å². The zero-order valence-corrected chi connectivity index (χ0v) is 26.2. The van der Waals surface area contributed by atoms with Crippen molar-refractivity contribution in [3.63, 3.8) is 0 Å². The van der Waals surface area contributed by atoms with Crippen molar-refractivity contribution in [3.05, 3.63) is 47.7 Å². The lowest BCUT2D eigenvalue weighted by molar-refractivity contribution is -0.662. The van der Waals surface area contributed by atoms with Gasteiger partial charge >= 0.3 is 12.1 Å². The summed E-state index contributed by atoms with van der Waals surface area (Å²) in [5.41, 5.74) is 5.64. The minimum Gasteiger partial charge on any atom is -0.477 e. The molecule has 3 amide bonds. The summed E-state index contributed by atoms with van der Waals surface area (Å²) in [6.07, 6.45) is 2.85. The highest BCUT2D eigenvalue weighted by Crippen LogP contribution is 2.40. The van der Waals surface area contributed by atoms with E-state index in [1.54, 1.807) is 60.3 Å². The number of rotatable bonds is 10. The van der Waals surface area contributed by atoms with Crippen molar-refractivity contribution >= 4 is 69.5 Å². The average Bonchev–Trinajstić information content (AvgIpc) is 3.59. The number of methoxy groups -OCH3 is 1. The Morgan fingerprint density at radius 2 is 2.07 bits per heavy atom. The van der Waals surface area contributed by atoms with Gasteiger partial charge in [-0.2, -0.15) is 13.8 Å². The molecule has 0 spiro atoms. The monoisotopic (exact) mass is 660 g/mol. The van der Waals surface area contributed by atoms with Gasteiger partial charge in [-0.1, -0.05) is 5.16 Å². The lowest BCUT2D eigenvalue weighted by Crippen LogP contribution is -2.71. The van der Waals surface area contributed by atoms with Gasteiger partial charge in [0.1, 0.15) is 41.7 Å². The van der Waals surface area contributed by atoms with Crippen LogP contribution in [0, 0.1) is 0 Å². The van der Waals surface area contributed by atoms with Gasteiger partial charge < -0.3 is 30.5 Å². The van der Waals surface area contributed by atoms with Gasteiger partial charge in [-0.05, 0) is 26.8 Å². The molecule has 2 atom stereocenters. The maximum absolute atomic E-state index is 13.3. The van der Waals surface area contributed by atoms with E-state index in [2.05, 4.69) is 25.1 Å². The molecule has 5 rings (SSSR count). The van der Waals surface area contributed by atoms with Gasteiger partial charge in [0.05, 0.1) is 0 Å². The number of nitrogens with zero attached hydrogens (tertiary/aromatic N) is 6. The van der Waals surface area contributed by atoms with Crippen molar-refractivity contribution in [1.29, 1.82) is 0 Å². The molecule has 1 saturated heterocycles. The standard InChI is InChI=1S/C26H29N9O8S2/c1-26(2,3)43-25(40)28-14-6-5-7-15-33(8-9-34(14)15)10-13-11-44-22-17(21(37)35(22)18(13)23(38)39)29-20(36)16(31-42-12-41-4)19-30-24(27)45-32-19/h5-9,17,22H,10-12H2,1-4H3,(H4,27,29,30,32,36,38,39)/p+1/b31-16-/t17-,22-/m1/s1. The van der Waals surface area contributed by atoms with Crippen molar-refractivity contribution in [1.82, 2.24) is 24.0 Å². The van der Waals surface area contributed by atoms with E-state index in [4.69, 9.17) is 20.0 Å².